The first kappa shape index (κ1) is 9.26. The van der Waals surface area contributed by atoms with Crippen molar-refractivity contribution >= 4 is 0 Å². The van der Waals surface area contributed by atoms with Crippen LogP contribution in [0.1, 0.15) is 48.8 Å². The van der Waals surface area contributed by atoms with Gasteiger partial charge in [0.15, 0.2) is 0 Å². The molecule has 0 saturated heterocycles. The van der Waals surface area contributed by atoms with E-state index in [9.17, 15) is 0 Å². The molecule has 0 unspecified atom stereocenters. The number of hydrogen-bond acceptors (Lipinski definition) is 2. The molecule has 1 N–H and O–H groups in total. The predicted molar refractivity (Wildman–Crippen MR) is 53.9 cm³/mol. The van der Waals surface area contributed by atoms with Gasteiger partial charge in [-0.2, -0.15) is 5.26 Å². The van der Waals surface area contributed by atoms with Crippen LogP contribution in [0.25, 0.3) is 0 Å². The summed E-state index contributed by atoms with van der Waals surface area (Å²) in [5.41, 5.74) is 2.36. The molecule has 3 nitrogen and oxygen atoms in total. The van der Waals surface area contributed by atoms with Crippen LogP contribution in [0, 0.1) is 18.3 Å². The van der Waals surface area contributed by atoms with Gasteiger partial charge in [0.2, 0.25) is 0 Å². The minimum Gasteiger partial charge on any atom is -0.345 e. The second kappa shape index (κ2) is 3.83. The molecule has 0 aromatic carbocycles. The molecule has 0 spiro atoms. The van der Waals surface area contributed by atoms with Crippen LogP contribution in [-0.2, 0) is 6.42 Å². The normalized spacial score (nSPS) is 17.1. The van der Waals surface area contributed by atoms with E-state index in [0.29, 0.717) is 12.3 Å². The highest BCUT2D eigenvalue weighted by Gasteiger charge is 2.21. The summed E-state index contributed by atoms with van der Waals surface area (Å²) in [4.78, 5) is 7.69. The van der Waals surface area contributed by atoms with Gasteiger partial charge in [-0.3, -0.25) is 0 Å². The molecule has 1 heterocycles. The lowest BCUT2D eigenvalue weighted by Crippen LogP contribution is -1.95. The molecule has 74 valence electrons. The third kappa shape index (κ3) is 1.65. The summed E-state index contributed by atoms with van der Waals surface area (Å²) in [7, 11) is 0. The summed E-state index contributed by atoms with van der Waals surface area (Å²) in [5.74, 6) is 1.46. The Balaban J connectivity index is 2.20. The fourth-order valence-electron chi connectivity index (χ4n) is 2.29. The van der Waals surface area contributed by atoms with E-state index in [1.54, 1.807) is 0 Å². The molecule has 0 atom stereocenters. The Morgan fingerprint density at radius 2 is 2.21 bits per heavy atom. The van der Waals surface area contributed by atoms with Crippen molar-refractivity contribution < 1.29 is 0 Å². The lowest BCUT2D eigenvalue weighted by atomic mass is 10.0. The highest BCUT2D eigenvalue weighted by Crippen LogP contribution is 2.34. The first-order valence-electron chi connectivity index (χ1n) is 5.23. The molecule has 1 aliphatic carbocycles. The van der Waals surface area contributed by atoms with Crippen molar-refractivity contribution in [3.63, 3.8) is 0 Å². The van der Waals surface area contributed by atoms with Crippen molar-refractivity contribution in [1.82, 2.24) is 9.97 Å². The van der Waals surface area contributed by atoms with E-state index in [0.717, 1.165) is 11.5 Å². The summed E-state index contributed by atoms with van der Waals surface area (Å²) in [5, 5.41) is 8.58. The number of aryl methyl sites for hydroxylation is 1. The van der Waals surface area contributed by atoms with E-state index in [-0.39, 0.29) is 0 Å². The average Bonchev–Trinajstić information content (AvgIpc) is 2.74. The SMILES string of the molecule is Cc1[nH]c(CC#N)nc1C1CCCC1. The van der Waals surface area contributed by atoms with Crippen LogP contribution in [0.3, 0.4) is 0 Å². The number of nitrogens with one attached hydrogen (secondary N) is 1. The van der Waals surface area contributed by atoms with Crippen LogP contribution in [-0.4, -0.2) is 9.97 Å². The second-order valence-corrected chi connectivity index (χ2v) is 4.01. The highest BCUT2D eigenvalue weighted by atomic mass is 14.9. The van der Waals surface area contributed by atoms with Gasteiger partial charge in [-0.1, -0.05) is 12.8 Å². The molecule has 0 radical (unpaired) electrons. The third-order valence-corrected chi connectivity index (χ3v) is 2.96. The average molecular weight is 189 g/mol. The molecular weight excluding hydrogens is 174 g/mol. The number of nitriles is 1. The Bertz CT molecular complexity index is 353. The zero-order chi connectivity index (χ0) is 9.97. The Morgan fingerprint density at radius 3 is 2.86 bits per heavy atom. The molecule has 1 aromatic heterocycles. The van der Waals surface area contributed by atoms with Gasteiger partial charge >= 0.3 is 0 Å². The van der Waals surface area contributed by atoms with E-state index in [2.05, 4.69) is 23.0 Å². The quantitative estimate of drug-likeness (QED) is 0.776. The fraction of sp³-hybridized carbons (Fsp3) is 0.636. The number of aromatic nitrogens is 2. The lowest BCUT2D eigenvalue weighted by Gasteiger charge is -2.05. The van der Waals surface area contributed by atoms with Gasteiger partial charge in [-0.05, 0) is 19.8 Å². The van der Waals surface area contributed by atoms with Crippen molar-refractivity contribution in [3.8, 4) is 6.07 Å². The summed E-state index contributed by atoms with van der Waals surface area (Å²) >= 11 is 0. The van der Waals surface area contributed by atoms with Crippen molar-refractivity contribution in [1.29, 1.82) is 5.26 Å². The maximum Gasteiger partial charge on any atom is 0.120 e. The van der Waals surface area contributed by atoms with E-state index in [4.69, 9.17) is 5.26 Å². The van der Waals surface area contributed by atoms with Crippen molar-refractivity contribution in [2.75, 3.05) is 0 Å². The van der Waals surface area contributed by atoms with Gasteiger partial charge in [-0.25, -0.2) is 4.98 Å². The Labute approximate surface area is 84.2 Å². The van der Waals surface area contributed by atoms with E-state index in [1.165, 1.54) is 31.4 Å². The molecule has 0 amide bonds. The van der Waals surface area contributed by atoms with Gasteiger partial charge in [0.05, 0.1) is 18.2 Å². The minimum atomic E-state index is 0.396. The van der Waals surface area contributed by atoms with Crippen LogP contribution in [0.5, 0.6) is 0 Å². The van der Waals surface area contributed by atoms with Gasteiger partial charge < -0.3 is 4.98 Å². The summed E-state index contributed by atoms with van der Waals surface area (Å²) in [6, 6.07) is 2.12. The van der Waals surface area contributed by atoms with Crippen molar-refractivity contribution in [2.45, 2.75) is 44.9 Å². The molecule has 0 aliphatic heterocycles. The first-order chi connectivity index (χ1) is 6.81. The Morgan fingerprint density at radius 1 is 1.50 bits per heavy atom. The number of hydrogen-bond donors (Lipinski definition) is 1. The molecule has 3 heteroatoms. The van der Waals surface area contributed by atoms with Gasteiger partial charge in [-0.15, -0.1) is 0 Å². The zero-order valence-electron chi connectivity index (χ0n) is 8.51. The van der Waals surface area contributed by atoms with Crippen molar-refractivity contribution in [2.24, 2.45) is 0 Å². The topological polar surface area (TPSA) is 52.5 Å². The first-order valence-corrected chi connectivity index (χ1v) is 5.23. The van der Waals surface area contributed by atoms with Crippen LogP contribution in [0.4, 0.5) is 0 Å². The summed E-state index contributed by atoms with van der Waals surface area (Å²) in [6.07, 6.45) is 5.57. The number of rotatable bonds is 2. The minimum absolute atomic E-state index is 0.396. The zero-order valence-corrected chi connectivity index (χ0v) is 8.51. The smallest absolute Gasteiger partial charge is 0.120 e. The Kier molecular flexibility index (Phi) is 2.53. The molecule has 0 bridgehead atoms. The van der Waals surface area contributed by atoms with E-state index < -0.39 is 0 Å². The van der Waals surface area contributed by atoms with Crippen LogP contribution < -0.4 is 0 Å². The van der Waals surface area contributed by atoms with Crippen LogP contribution in [0.15, 0.2) is 0 Å². The van der Waals surface area contributed by atoms with Crippen LogP contribution >= 0.6 is 0 Å². The summed E-state index contributed by atoms with van der Waals surface area (Å²) in [6.45, 7) is 2.06. The second-order valence-electron chi connectivity index (χ2n) is 4.01. The Hall–Kier alpha value is -1.30. The van der Waals surface area contributed by atoms with Gasteiger partial charge in [0.1, 0.15) is 5.82 Å². The third-order valence-electron chi connectivity index (χ3n) is 2.96. The molecular formula is C11H15N3. The summed E-state index contributed by atoms with van der Waals surface area (Å²) < 4.78 is 0. The molecule has 14 heavy (non-hydrogen) atoms. The maximum atomic E-state index is 8.58. The molecule has 1 saturated carbocycles. The maximum absolute atomic E-state index is 8.58. The van der Waals surface area contributed by atoms with Crippen molar-refractivity contribution in [3.05, 3.63) is 17.2 Å². The van der Waals surface area contributed by atoms with E-state index in [1.807, 2.05) is 0 Å². The van der Waals surface area contributed by atoms with Gasteiger partial charge in [0.25, 0.3) is 0 Å². The number of nitrogens with zero attached hydrogens (tertiary/aromatic N) is 2. The largest absolute Gasteiger partial charge is 0.345 e. The standard InChI is InChI=1S/C11H15N3/c1-8-11(9-4-2-3-5-9)14-10(13-8)6-7-12/h9H,2-6H2,1H3,(H,13,14). The molecule has 1 fully saturated rings. The molecule has 1 aromatic rings. The monoisotopic (exact) mass is 189 g/mol. The van der Waals surface area contributed by atoms with Crippen LogP contribution in [0.2, 0.25) is 0 Å². The molecule has 2 rings (SSSR count). The van der Waals surface area contributed by atoms with E-state index >= 15 is 0 Å². The molecule has 1 aliphatic rings. The predicted octanol–water partition coefficient (Wildman–Crippen LogP) is 2.44. The van der Waals surface area contributed by atoms with Gasteiger partial charge in [0, 0.05) is 11.6 Å². The lowest BCUT2D eigenvalue weighted by molar-refractivity contribution is 0.695. The number of H-pyrrole nitrogens is 1. The number of imidazole rings is 1. The fourth-order valence-corrected chi connectivity index (χ4v) is 2.29. The highest BCUT2D eigenvalue weighted by molar-refractivity contribution is 5.19. The number of aromatic amines is 1.